The number of hydrogen-bond acceptors (Lipinski definition) is 0. The smallest absolute Gasteiger partial charge is 0.0965 e. The molecule has 0 aliphatic heterocycles. The Morgan fingerprint density at radius 1 is 1.57 bits per heavy atom. The van der Waals surface area contributed by atoms with Gasteiger partial charge in [0.05, 0.1) is 6.10 Å². The van der Waals surface area contributed by atoms with E-state index in [-0.39, 0.29) is 6.10 Å². The molecule has 0 spiro atoms. The van der Waals surface area contributed by atoms with Crippen LogP contribution in [0.2, 0.25) is 0 Å². The highest BCUT2D eigenvalue weighted by Gasteiger charge is 2.38. The molecule has 0 amide bonds. The first-order valence-corrected chi connectivity index (χ1v) is 2.87. The van der Waals surface area contributed by atoms with Gasteiger partial charge >= 0.3 is 0 Å². The summed E-state index contributed by atoms with van der Waals surface area (Å²) < 4.78 is 0. The van der Waals surface area contributed by atoms with Gasteiger partial charge in [0.15, 0.2) is 0 Å². The molecule has 1 nitrogen and oxygen atoms in total. The second-order valence-corrected chi connectivity index (χ2v) is 2.68. The van der Waals surface area contributed by atoms with Gasteiger partial charge in [0.25, 0.3) is 0 Å². The highest BCUT2D eigenvalue weighted by atomic mass is 16.3. The van der Waals surface area contributed by atoms with Crippen molar-refractivity contribution in [1.82, 2.24) is 0 Å². The molecule has 2 atom stereocenters. The zero-order chi connectivity index (χ0) is 5.44. The average molecular weight is 99.2 g/mol. The fraction of sp³-hybridized carbons (Fsp3) is 1.00. The van der Waals surface area contributed by atoms with Crippen molar-refractivity contribution in [3.8, 4) is 0 Å². The first-order chi connectivity index (χ1) is 3.22. The lowest BCUT2D eigenvalue weighted by Crippen LogP contribution is -1.92. The molecule has 0 aromatic carbocycles. The van der Waals surface area contributed by atoms with E-state index in [1.807, 2.05) is 0 Å². The van der Waals surface area contributed by atoms with E-state index in [1.165, 1.54) is 0 Å². The molecule has 1 saturated carbocycles. The molecule has 0 aromatic heterocycles. The van der Waals surface area contributed by atoms with E-state index in [0.29, 0.717) is 11.8 Å². The molecule has 1 aliphatic rings. The van der Waals surface area contributed by atoms with Crippen molar-refractivity contribution in [2.75, 3.05) is 0 Å². The number of rotatable bonds is 1. The summed E-state index contributed by atoms with van der Waals surface area (Å²) in [5.41, 5.74) is 0. The summed E-state index contributed by atoms with van der Waals surface area (Å²) in [6, 6.07) is 0. The van der Waals surface area contributed by atoms with Gasteiger partial charge in [-0.3, -0.25) is 0 Å². The van der Waals surface area contributed by atoms with Gasteiger partial charge in [0.2, 0.25) is 0 Å². The Hall–Kier alpha value is -0.0400. The fourth-order valence-corrected chi connectivity index (χ4v) is 0.891. The Morgan fingerprint density at radius 3 is 2.00 bits per heavy atom. The van der Waals surface area contributed by atoms with E-state index in [9.17, 15) is 5.11 Å². The quantitative estimate of drug-likeness (QED) is 0.474. The maximum absolute atomic E-state index is 10.4. The van der Waals surface area contributed by atoms with E-state index in [2.05, 4.69) is 13.8 Å². The molecule has 0 heterocycles. The zero-order valence-electron chi connectivity index (χ0n) is 4.85. The standard InChI is InChI=1S/C6H11O/c1-4(2)5-3-6(5)7/h4-6H,3H2,1-2H3. The summed E-state index contributed by atoms with van der Waals surface area (Å²) >= 11 is 0. The Morgan fingerprint density at radius 2 is 2.00 bits per heavy atom. The summed E-state index contributed by atoms with van der Waals surface area (Å²) in [5, 5.41) is 10.4. The summed E-state index contributed by atoms with van der Waals surface area (Å²) in [6.45, 7) is 4.23. The van der Waals surface area contributed by atoms with Crippen molar-refractivity contribution in [2.24, 2.45) is 11.8 Å². The minimum Gasteiger partial charge on any atom is -0.233 e. The topological polar surface area (TPSA) is 19.9 Å². The van der Waals surface area contributed by atoms with E-state index in [0.717, 1.165) is 6.42 Å². The zero-order valence-corrected chi connectivity index (χ0v) is 4.85. The second-order valence-electron chi connectivity index (χ2n) is 2.68. The SMILES string of the molecule is CC(C)C1CC1[O]. The second kappa shape index (κ2) is 1.48. The van der Waals surface area contributed by atoms with Crippen LogP contribution < -0.4 is 0 Å². The van der Waals surface area contributed by atoms with Crippen LogP contribution in [-0.2, 0) is 5.11 Å². The monoisotopic (exact) mass is 99.1 g/mol. The molecule has 7 heavy (non-hydrogen) atoms. The molecule has 2 unspecified atom stereocenters. The van der Waals surface area contributed by atoms with Crippen molar-refractivity contribution in [3.05, 3.63) is 0 Å². The molecule has 0 bridgehead atoms. The predicted octanol–water partition coefficient (Wildman–Crippen LogP) is 1.46. The van der Waals surface area contributed by atoms with Crippen LogP contribution in [0.25, 0.3) is 0 Å². The van der Waals surface area contributed by atoms with Crippen molar-refractivity contribution in [2.45, 2.75) is 26.4 Å². The Bertz CT molecular complexity index is 68.6. The fourth-order valence-electron chi connectivity index (χ4n) is 0.891. The molecular formula is C6H11O. The van der Waals surface area contributed by atoms with Gasteiger partial charge in [-0.2, -0.15) is 0 Å². The van der Waals surface area contributed by atoms with Gasteiger partial charge in [0, 0.05) is 0 Å². The lowest BCUT2D eigenvalue weighted by atomic mass is 10.1. The largest absolute Gasteiger partial charge is 0.233 e. The van der Waals surface area contributed by atoms with Gasteiger partial charge in [-0.1, -0.05) is 13.8 Å². The molecule has 1 aliphatic carbocycles. The van der Waals surface area contributed by atoms with Gasteiger partial charge in [0.1, 0.15) is 0 Å². The van der Waals surface area contributed by atoms with Gasteiger partial charge in [-0.15, -0.1) is 0 Å². The Kier molecular flexibility index (Phi) is 1.08. The van der Waals surface area contributed by atoms with Crippen LogP contribution in [0.4, 0.5) is 0 Å². The molecule has 1 fully saturated rings. The van der Waals surface area contributed by atoms with E-state index >= 15 is 0 Å². The molecule has 0 saturated heterocycles. The minimum absolute atomic E-state index is 0.208. The van der Waals surface area contributed by atoms with Crippen LogP contribution in [0.15, 0.2) is 0 Å². The van der Waals surface area contributed by atoms with Crippen molar-refractivity contribution in [3.63, 3.8) is 0 Å². The number of hydrogen-bond donors (Lipinski definition) is 0. The van der Waals surface area contributed by atoms with E-state index in [1.54, 1.807) is 0 Å². The van der Waals surface area contributed by atoms with Crippen LogP contribution >= 0.6 is 0 Å². The van der Waals surface area contributed by atoms with Gasteiger partial charge in [-0.25, -0.2) is 5.11 Å². The van der Waals surface area contributed by atoms with Gasteiger partial charge in [-0.05, 0) is 18.3 Å². The molecule has 0 N–H and O–H groups in total. The average Bonchev–Trinajstić information content (AvgIpc) is 2.17. The lowest BCUT2D eigenvalue weighted by molar-refractivity contribution is 0.152. The van der Waals surface area contributed by atoms with E-state index < -0.39 is 0 Å². The van der Waals surface area contributed by atoms with Crippen LogP contribution in [0.5, 0.6) is 0 Å². The van der Waals surface area contributed by atoms with Gasteiger partial charge < -0.3 is 0 Å². The highest BCUT2D eigenvalue weighted by molar-refractivity contribution is 4.87. The maximum atomic E-state index is 10.4. The third kappa shape index (κ3) is 0.942. The van der Waals surface area contributed by atoms with Crippen LogP contribution in [0.3, 0.4) is 0 Å². The Balaban J connectivity index is 2.20. The molecule has 1 heteroatoms. The first-order valence-electron chi connectivity index (χ1n) is 2.87. The Labute approximate surface area is 44.4 Å². The van der Waals surface area contributed by atoms with Crippen molar-refractivity contribution >= 4 is 0 Å². The first kappa shape index (κ1) is 5.10. The predicted molar refractivity (Wildman–Crippen MR) is 27.4 cm³/mol. The summed E-state index contributed by atoms with van der Waals surface area (Å²) in [7, 11) is 0. The third-order valence-electron chi connectivity index (χ3n) is 1.64. The summed E-state index contributed by atoms with van der Waals surface area (Å²) in [4.78, 5) is 0. The molecular weight excluding hydrogens is 88.1 g/mol. The third-order valence-corrected chi connectivity index (χ3v) is 1.64. The van der Waals surface area contributed by atoms with Crippen molar-refractivity contribution < 1.29 is 5.11 Å². The molecule has 0 aromatic rings. The highest BCUT2D eigenvalue weighted by Crippen LogP contribution is 2.37. The normalized spacial score (nSPS) is 39.4. The van der Waals surface area contributed by atoms with Crippen LogP contribution in [0, 0.1) is 11.8 Å². The summed E-state index contributed by atoms with van der Waals surface area (Å²) in [6.07, 6.45) is 0.720. The molecule has 41 valence electrons. The molecule has 1 radical (unpaired) electrons. The minimum atomic E-state index is -0.208. The van der Waals surface area contributed by atoms with E-state index in [4.69, 9.17) is 0 Å². The lowest BCUT2D eigenvalue weighted by Gasteiger charge is -1.95. The summed E-state index contributed by atoms with van der Waals surface area (Å²) in [5.74, 6) is 1.14. The van der Waals surface area contributed by atoms with Crippen LogP contribution in [-0.4, -0.2) is 6.10 Å². The molecule has 1 rings (SSSR count). The van der Waals surface area contributed by atoms with Crippen LogP contribution in [0.1, 0.15) is 20.3 Å². The maximum Gasteiger partial charge on any atom is 0.0965 e. The van der Waals surface area contributed by atoms with Crippen molar-refractivity contribution in [1.29, 1.82) is 0 Å².